The molecule has 0 saturated carbocycles. The van der Waals surface area contributed by atoms with Crippen LogP contribution >= 0.6 is 0 Å². The van der Waals surface area contributed by atoms with Gasteiger partial charge in [-0.1, -0.05) is 13.8 Å². The van der Waals surface area contributed by atoms with Crippen molar-refractivity contribution in [1.29, 1.82) is 0 Å². The molecule has 6 atom stereocenters. The molecule has 6 rings (SSSR count). The lowest BCUT2D eigenvalue weighted by molar-refractivity contribution is -0.175. The summed E-state index contributed by atoms with van der Waals surface area (Å²) >= 11 is 0. The molecule has 0 fully saturated rings. The predicted molar refractivity (Wildman–Crippen MR) is 182 cm³/mol. The molecule has 0 bridgehead atoms. The van der Waals surface area contributed by atoms with Gasteiger partial charge in [0.15, 0.2) is 12.2 Å². The van der Waals surface area contributed by atoms with Gasteiger partial charge in [0.25, 0.3) is 0 Å². The Kier molecular flexibility index (Phi) is 9.36. The standard InChI is InChI=1S/C38H38O16/c1-15-11-23(43)29-33(47)27-25(53-37(29,13-49-17(3)39)35(15)51-19(5)41)9-7-21(31(27)45)22-8-10-26-28(32(22)46)34(48)30-24(44)12-16(2)36(52-20(6)42)38(30,54-26)14-50-18(4)40/h7-10,15-16,35-36,43-46H,11-14H2,1-6H3/t15-,16-,35-,36-,37+,38+/m1/s1. The third-order valence-electron chi connectivity index (χ3n) is 10.0. The van der Waals surface area contributed by atoms with Gasteiger partial charge in [-0.15, -0.1) is 0 Å². The van der Waals surface area contributed by atoms with Crippen LogP contribution < -0.4 is 9.47 Å². The van der Waals surface area contributed by atoms with Gasteiger partial charge in [0.2, 0.25) is 22.8 Å². The summed E-state index contributed by atoms with van der Waals surface area (Å²) in [5, 5.41) is 45.7. The zero-order chi connectivity index (χ0) is 39.6. The van der Waals surface area contributed by atoms with Crippen LogP contribution in [0.15, 0.2) is 46.9 Å². The third-order valence-corrected chi connectivity index (χ3v) is 10.0. The molecular formula is C38H38O16. The number of benzene rings is 2. The van der Waals surface area contributed by atoms with E-state index in [1.807, 2.05) is 0 Å². The predicted octanol–water partition coefficient (Wildman–Crippen LogP) is 4.09. The lowest BCUT2D eigenvalue weighted by Crippen LogP contribution is -2.62. The molecule has 0 aromatic heterocycles. The summed E-state index contributed by atoms with van der Waals surface area (Å²) in [6, 6.07) is 5.10. The Bertz CT molecular complexity index is 1950. The number of ether oxygens (including phenoxy) is 6. The van der Waals surface area contributed by atoms with Gasteiger partial charge in [0, 0.05) is 63.5 Å². The van der Waals surface area contributed by atoms with Crippen molar-refractivity contribution in [3.63, 3.8) is 0 Å². The third kappa shape index (κ3) is 5.85. The fourth-order valence-corrected chi connectivity index (χ4v) is 7.98. The van der Waals surface area contributed by atoms with Crippen molar-refractivity contribution in [1.82, 2.24) is 0 Å². The highest BCUT2D eigenvalue weighted by Gasteiger charge is 2.62. The number of rotatable bonds is 7. The molecule has 2 aliphatic carbocycles. The molecule has 4 aliphatic rings. The second-order valence-electron chi connectivity index (χ2n) is 13.9. The van der Waals surface area contributed by atoms with Crippen molar-refractivity contribution in [2.45, 2.75) is 77.8 Å². The van der Waals surface area contributed by atoms with Crippen molar-refractivity contribution in [3.8, 4) is 34.1 Å². The number of aliphatic hydroxyl groups excluding tert-OH is 2. The second kappa shape index (κ2) is 13.4. The Morgan fingerprint density at radius 3 is 1.30 bits per heavy atom. The van der Waals surface area contributed by atoms with Crippen molar-refractivity contribution in [3.05, 3.63) is 58.1 Å². The van der Waals surface area contributed by atoms with Gasteiger partial charge in [0.05, 0.1) is 11.1 Å². The van der Waals surface area contributed by atoms with Gasteiger partial charge in [0.1, 0.15) is 58.9 Å². The molecule has 4 N–H and O–H groups in total. The van der Waals surface area contributed by atoms with Crippen LogP contribution in [0.4, 0.5) is 0 Å². The van der Waals surface area contributed by atoms with Crippen LogP contribution in [0.25, 0.3) is 11.1 Å². The molecule has 2 aliphatic heterocycles. The Balaban J connectivity index is 1.49. The zero-order valence-electron chi connectivity index (χ0n) is 30.1. The van der Waals surface area contributed by atoms with Crippen LogP contribution in [-0.2, 0) is 38.1 Å². The molecule has 2 aromatic rings. The molecule has 2 aromatic carbocycles. The number of hydrogen-bond donors (Lipinski definition) is 4. The zero-order valence-corrected chi connectivity index (χ0v) is 30.1. The molecule has 0 radical (unpaired) electrons. The number of carbonyl (C=O) groups is 6. The number of ketones is 2. The van der Waals surface area contributed by atoms with Crippen LogP contribution in [0, 0.1) is 11.8 Å². The lowest BCUT2D eigenvalue weighted by Gasteiger charge is -2.48. The molecule has 0 amide bonds. The SMILES string of the molecule is CC(=O)OC[C@]12Oc3ccc(-c4ccc5c(c4O)C(=O)C4=C(O)C[C@@H](C)[C@@H](OC(C)=O)[C@@]4(COC(C)=O)O5)c(O)c3C(=O)C1=C(O)C[C@@H](C)[C@H]2OC(C)=O. The van der Waals surface area contributed by atoms with Gasteiger partial charge in [-0.05, 0) is 24.3 Å². The largest absolute Gasteiger partial charge is 0.512 e. The highest BCUT2D eigenvalue weighted by atomic mass is 16.6. The van der Waals surface area contributed by atoms with Crippen LogP contribution in [0.1, 0.15) is 75.1 Å². The molecule has 286 valence electrons. The fraction of sp³-hybridized carbons (Fsp3) is 0.421. The topological polar surface area (TPSA) is 239 Å². The Morgan fingerprint density at radius 1 is 0.630 bits per heavy atom. The van der Waals surface area contributed by atoms with Crippen molar-refractivity contribution in [2.24, 2.45) is 11.8 Å². The van der Waals surface area contributed by atoms with E-state index in [4.69, 9.17) is 28.4 Å². The Hall–Kier alpha value is -6.06. The highest BCUT2D eigenvalue weighted by Crippen LogP contribution is 2.55. The minimum absolute atomic E-state index is 0.132. The number of phenolic OH excluding ortho intramolecular Hbond substituents is 2. The first-order valence-corrected chi connectivity index (χ1v) is 17.0. The van der Waals surface area contributed by atoms with E-state index in [0.29, 0.717) is 0 Å². The van der Waals surface area contributed by atoms with Gasteiger partial charge >= 0.3 is 23.9 Å². The number of esters is 4. The van der Waals surface area contributed by atoms with E-state index in [9.17, 15) is 49.2 Å². The number of hydrogen-bond acceptors (Lipinski definition) is 16. The van der Waals surface area contributed by atoms with E-state index < -0.39 is 129 Å². The summed E-state index contributed by atoms with van der Waals surface area (Å²) in [6.45, 7) is 6.55. The quantitative estimate of drug-likeness (QED) is 0.230. The van der Waals surface area contributed by atoms with E-state index in [0.717, 1.165) is 27.7 Å². The van der Waals surface area contributed by atoms with Gasteiger partial charge in [-0.2, -0.15) is 0 Å². The normalized spacial score (nSPS) is 26.9. The molecule has 16 nitrogen and oxygen atoms in total. The number of fused-ring (bicyclic) bond motifs is 4. The summed E-state index contributed by atoms with van der Waals surface area (Å²) in [5.74, 6) is -8.87. The van der Waals surface area contributed by atoms with E-state index in [1.54, 1.807) is 13.8 Å². The molecule has 0 saturated heterocycles. The molecule has 0 spiro atoms. The summed E-state index contributed by atoms with van der Waals surface area (Å²) in [7, 11) is 0. The second-order valence-corrected chi connectivity index (χ2v) is 13.9. The average molecular weight is 751 g/mol. The average Bonchev–Trinajstić information content (AvgIpc) is 3.06. The van der Waals surface area contributed by atoms with Crippen LogP contribution in [0.5, 0.6) is 23.0 Å². The maximum absolute atomic E-state index is 14.3. The van der Waals surface area contributed by atoms with Crippen molar-refractivity contribution >= 4 is 35.4 Å². The Morgan fingerprint density at radius 2 is 0.981 bits per heavy atom. The summed E-state index contributed by atoms with van der Waals surface area (Å²) in [6.07, 6.45) is -2.69. The van der Waals surface area contributed by atoms with Crippen molar-refractivity contribution < 1.29 is 77.6 Å². The van der Waals surface area contributed by atoms with Crippen molar-refractivity contribution in [2.75, 3.05) is 13.2 Å². The van der Waals surface area contributed by atoms with Crippen LogP contribution in [0.3, 0.4) is 0 Å². The maximum atomic E-state index is 14.3. The monoisotopic (exact) mass is 750 g/mol. The molecule has 2 heterocycles. The number of phenols is 2. The Labute approximate surface area is 307 Å². The number of carbonyl (C=O) groups excluding carboxylic acids is 6. The minimum atomic E-state index is -2.00. The van der Waals surface area contributed by atoms with Crippen LogP contribution in [0.2, 0.25) is 0 Å². The highest BCUT2D eigenvalue weighted by molar-refractivity contribution is 6.18. The summed E-state index contributed by atoms with van der Waals surface area (Å²) in [4.78, 5) is 76.9. The van der Waals surface area contributed by atoms with Gasteiger partial charge in [-0.3, -0.25) is 28.8 Å². The molecule has 16 heteroatoms. The van der Waals surface area contributed by atoms with E-state index >= 15 is 0 Å². The van der Waals surface area contributed by atoms with Crippen LogP contribution in [-0.4, -0.2) is 92.5 Å². The molecule has 0 unspecified atom stereocenters. The number of Topliss-reactive ketones (excluding diaryl/α,β-unsaturated/α-hetero) is 2. The minimum Gasteiger partial charge on any atom is -0.512 e. The first kappa shape index (κ1) is 37.7. The first-order chi connectivity index (χ1) is 25.3. The first-order valence-electron chi connectivity index (χ1n) is 17.0. The summed E-state index contributed by atoms with van der Waals surface area (Å²) in [5.41, 5.74) is -6.05. The van der Waals surface area contributed by atoms with E-state index in [-0.39, 0.29) is 35.5 Å². The van der Waals surface area contributed by atoms with E-state index in [1.165, 1.54) is 24.3 Å². The summed E-state index contributed by atoms with van der Waals surface area (Å²) < 4.78 is 34.2. The smallest absolute Gasteiger partial charge is 0.303 e. The maximum Gasteiger partial charge on any atom is 0.303 e. The number of aromatic hydroxyl groups is 2. The lowest BCUT2D eigenvalue weighted by atomic mass is 9.70. The van der Waals surface area contributed by atoms with Gasteiger partial charge in [-0.25, -0.2) is 0 Å². The number of allylic oxidation sites excluding steroid dienone is 2. The fourth-order valence-electron chi connectivity index (χ4n) is 7.98. The number of aliphatic hydroxyl groups is 2. The van der Waals surface area contributed by atoms with E-state index in [2.05, 4.69) is 0 Å². The molecular weight excluding hydrogens is 712 g/mol. The van der Waals surface area contributed by atoms with Gasteiger partial charge < -0.3 is 48.8 Å². The molecule has 54 heavy (non-hydrogen) atoms.